The lowest BCUT2D eigenvalue weighted by molar-refractivity contribution is -0.174. The average Bonchev–Trinajstić information content (AvgIpc) is 3.53. The van der Waals surface area contributed by atoms with Gasteiger partial charge in [0.15, 0.2) is 5.78 Å². The second-order valence-corrected chi connectivity index (χ2v) is 19.5. The zero-order valence-corrected chi connectivity index (χ0v) is 37.6. The number of nitrogens with two attached hydrogens (primary N) is 1. The number of hydrogen-bond acceptors (Lipinski definition) is 9. The number of ketones is 1. The highest BCUT2D eigenvalue weighted by Gasteiger charge is 2.68. The van der Waals surface area contributed by atoms with E-state index >= 15 is 0 Å². The average molecular weight is 860 g/mol. The number of allylic oxidation sites excluding steroid dienone is 9. The van der Waals surface area contributed by atoms with Crippen molar-refractivity contribution in [2.75, 3.05) is 13.2 Å². The lowest BCUT2D eigenvalue weighted by atomic mass is 9.51. The highest BCUT2D eigenvalue weighted by Crippen LogP contribution is 2.67. The van der Waals surface area contributed by atoms with Crippen molar-refractivity contribution in [2.24, 2.45) is 22.5 Å². The number of Topliss-reactive ketones (excluding diaryl/α,β-unsaturated/α-hetero) is 1. The quantitative estimate of drug-likeness (QED) is 0.155. The van der Waals surface area contributed by atoms with Gasteiger partial charge in [-0.25, -0.2) is 0 Å². The molecule has 1 amide bonds. The van der Waals surface area contributed by atoms with Crippen molar-refractivity contribution in [3.63, 3.8) is 0 Å². The van der Waals surface area contributed by atoms with E-state index in [1.165, 1.54) is 5.57 Å². The van der Waals surface area contributed by atoms with Gasteiger partial charge < -0.3 is 36.6 Å². The normalized spacial score (nSPS) is 34.6. The molecular weight excluding hydrogens is 791 g/mol. The zero-order chi connectivity index (χ0) is 45.3. The van der Waals surface area contributed by atoms with Crippen molar-refractivity contribution in [3.05, 3.63) is 141 Å². The predicted molar refractivity (Wildman–Crippen MR) is 247 cm³/mol. The molecule has 9 N–H and O–H groups in total. The number of rotatable bonds is 5. The number of aliphatic hydroxyl groups excluding tert-OH is 4. The topological polar surface area (TPSA) is 185 Å². The Hall–Kier alpha value is -4.26. The van der Waals surface area contributed by atoms with E-state index in [0.29, 0.717) is 85.6 Å². The van der Waals surface area contributed by atoms with Crippen molar-refractivity contribution in [2.45, 2.75) is 141 Å². The first-order valence-corrected chi connectivity index (χ1v) is 23.0. The molecule has 0 saturated heterocycles. The molecule has 10 nitrogen and oxygen atoms in total. The molecule has 2 aromatic carbocycles. The molecule has 2 heterocycles. The third kappa shape index (κ3) is 9.32. The van der Waals surface area contributed by atoms with E-state index in [0.717, 1.165) is 40.7 Å². The van der Waals surface area contributed by atoms with Crippen molar-refractivity contribution in [3.8, 4) is 0 Å². The van der Waals surface area contributed by atoms with E-state index in [1.54, 1.807) is 0 Å². The first-order valence-electron chi connectivity index (χ1n) is 23.0. The molecule has 10 heteroatoms. The van der Waals surface area contributed by atoms with Gasteiger partial charge in [-0.3, -0.25) is 14.9 Å². The standard InChI is InChI=1S/C53H69N3O7/c1-32(2)9-6-10-33(3)25-37-19-22-52(39(27-37)31-57)23-24-53(50(52)62)44-18-17-40(58)28-36-12-7-11-35(26-36)15-16-41(59)30-55-47-46-38(13-8-14-43(46)48(54)56-49(47)61)29-45(60)34(4)42(44)20-21-51(53,5)63/h7-9,11-14,19,22,25-27,40-41,44,47-48,50,55,57-59,62-63H,3,6,10,15-18,20-21,23-24,28-31,54H2,1-2,4-5H3,(H,56,61)/b37-25+,42-34+/t40-,41+,44+,47+,48+,50+,51+,52+,53+/m0/s1. The van der Waals surface area contributed by atoms with Crippen LogP contribution in [0.4, 0.5) is 0 Å². The van der Waals surface area contributed by atoms with Crippen LogP contribution in [-0.2, 0) is 28.9 Å². The third-order valence-electron chi connectivity index (χ3n) is 15.2. The van der Waals surface area contributed by atoms with E-state index in [2.05, 4.69) is 43.2 Å². The van der Waals surface area contributed by atoms with Crippen LogP contribution in [0.5, 0.6) is 0 Å². The van der Waals surface area contributed by atoms with E-state index in [9.17, 15) is 35.1 Å². The number of hydrogen-bond donors (Lipinski definition) is 8. The molecule has 5 aliphatic rings. The van der Waals surface area contributed by atoms with Gasteiger partial charge in [0.1, 0.15) is 12.2 Å². The number of carbonyl (C=O) groups excluding carboxylic acids is 2. The minimum Gasteiger partial charge on any atom is -0.393 e. The fourth-order valence-electron chi connectivity index (χ4n) is 11.7. The Balaban J connectivity index is 1.30. The second kappa shape index (κ2) is 19.1. The minimum atomic E-state index is -1.35. The summed E-state index contributed by atoms with van der Waals surface area (Å²) in [5, 5.41) is 65.7. The summed E-state index contributed by atoms with van der Waals surface area (Å²) in [5.41, 5.74) is 12.2. The van der Waals surface area contributed by atoms with Crippen LogP contribution in [0.1, 0.15) is 126 Å². The molecule has 7 rings (SSSR count). The number of nitrogens with one attached hydrogen (secondary N) is 2. The van der Waals surface area contributed by atoms with E-state index in [1.807, 2.05) is 74.5 Å². The number of fused-ring (bicyclic) bond motifs is 4. The van der Waals surface area contributed by atoms with Crippen molar-refractivity contribution in [1.82, 2.24) is 10.6 Å². The Kier molecular flexibility index (Phi) is 14.1. The van der Waals surface area contributed by atoms with Crippen LogP contribution >= 0.6 is 0 Å². The van der Waals surface area contributed by atoms with E-state index in [-0.39, 0.29) is 31.3 Å². The molecule has 0 aromatic heterocycles. The smallest absolute Gasteiger partial charge is 0.243 e. The SMILES string of the molecule is C=C(/C=C1\C=C[C@@]2(CC[C@@]3([C@@H]4CC[C@H](O)Cc5cccc(c5)CC[C@@H](O)CN[C@H]5C(=O)N[C@@H](N)c6cccc(c65)CC(=O)/C(C)=C/4CC[C@@]3(C)O)[C@@H]2O)C(CO)=C1)CCC=C(C)C. The number of carbonyl (C=O) groups is 2. The second-order valence-electron chi connectivity index (χ2n) is 19.5. The van der Waals surface area contributed by atoms with Gasteiger partial charge in [0.25, 0.3) is 0 Å². The number of amides is 1. The zero-order valence-electron chi connectivity index (χ0n) is 37.6. The summed E-state index contributed by atoms with van der Waals surface area (Å²) in [6, 6.07) is 12.7. The number of benzene rings is 2. The summed E-state index contributed by atoms with van der Waals surface area (Å²) in [5.74, 6) is -0.946. The lowest BCUT2D eigenvalue weighted by Gasteiger charge is -2.57. The highest BCUT2D eigenvalue weighted by molar-refractivity contribution is 5.98. The molecule has 9 atom stereocenters. The summed E-state index contributed by atoms with van der Waals surface area (Å²) >= 11 is 0. The van der Waals surface area contributed by atoms with Gasteiger partial charge in [0.05, 0.1) is 30.5 Å². The van der Waals surface area contributed by atoms with Crippen molar-refractivity contribution in [1.29, 1.82) is 0 Å². The van der Waals surface area contributed by atoms with Gasteiger partial charge in [0.2, 0.25) is 5.91 Å². The molecule has 63 heavy (non-hydrogen) atoms. The molecule has 2 fully saturated rings. The van der Waals surface area contributed by atoms with Crippen LogP contribution < -0.4 is 16.4 Å². The highest BCUT2D eigenvalue weighted by atomic mass is 16.3. The molecule has 0 unspecified atom stereocenters. The van der Waals surface area contributed by atoms with Crippen LogP contribution in [0.3, 0.4) is 0 Å². The summed E-state index contributed by atoms with van der Waals surface area (Å²) in [6.45, 7) is 12.0. The van der Waals surface area contributed by atoms with Crippen molar-refractivity contribution < 1.29 is 35.1 Å². The molecule has 2 aliphatic heterocycles. The van der Waals surface area contributed by atoms with Crippen LogP contribution in [0, 0.1) is 16.7 Å². The molecular formula is C53H69N3O7. The molecule has 2 spiro atoms. The first-order chi connectivity index (χ1) is 30.0. The van der Waals surface area contributed by atoms with E-state index < -0.39 is 52.9 Å². The maximum Gasteiger partial charge on any atom is 0.243 e. The summed E-state index contributed by atoms with van der Waals surface area (Å²) < 4.78 is 0. The predicted octanol–water partition coefficient (Wildman–Crippen LogP) is 6.53. The molecule has 338 valence electrons. The van der Waals surface area contributed by atoms with Gasteiger partial charge >= 0.3 is 0 Å². The first kappa shape index (κ1) is 46.7. The fourth-order valence-corrected chi connectivity index (χ4v) is 11.7. The molecule has 0 radical (unpaired) electrons. The molecule has 3 aliphatic carbocycles. The molecule has 2 aromatic rings. The molecule has 2 bridgehead atoms. The Morgan fingerprint density at radius 2 is 1.75 bits per heavy atom. The van der Waals surface area contributed by atoms with Crippen LogP contribution in [0.15, 0.2) is 113 Å². The maximum atomic E-state index is 14.8. The Morgan fingerprint density at radius 3 is 2.51 bits per heavy atom. The van der Waals surface area contributed by atoms with Gasteiger partial charge in [-0.15, -0.1) is 0 Å². The van der Waals surface area contributed by atoms with Gasteiger partial charge in [-0.1, -0.05) is 96.1 Å². The Labute approximate surface area is 373 Å². The monoisotopic (exact) mass is 860 g/mol. The minimum absolute atomic E-state index is 0.00596. The van der Waals surface area contributed by atoms with Gasteiger partial charge in [-0.2, -0.15) is 0 Å². The van der Waals surface area contributed by atoms with Crippen LogP contribution in [-0.4, -0.2) is 74.3 Å². The number of aryl methyl sites for hydroxylation is 1. The van der Waals surface area contributed by atoms with Gasteiger partial charge in [-0.05, 0) is 149 Å². The fraction of sp³-hybridized carbons (Fsp3) is 0.509. The summed E-state index contributed by atoms with van der Waals surface area (Å²) in [4.78, 5) is 28.3. The summed E-state index contributed by atoms with van der Waals surface area (Å²) in [7, 11) is 0. The largest absolute Gasteiger partial charge is 0.393 e. The van der Waals surface area contributed by atoms with E-state index in [4.69, 9.17) is 5.73 Å². The number of aliphatic hydroxyl groups is 5. The summed E-state index contributed by atoms with van der Waals surface area (Å²) in [6.07, 6.45) is 12.4. The Morgan fingerprint density at radius 1 is 0.984 bits per heavy atom. The number of β-amino-alcohol motifs (C(OH)–C–C–N with tert-alkyl or cyclic N) is 1. The van der Waals surface area contributed by atoms with Crippen LogP contribution in [0.25, 0.3) is 0 Å². The van der Waals surface area contributed by atoms with Gasteiger partial charge in [0, 0.05) is 23.8 Å². The van der Waals surface area contributed by atoms with Crippen molar-refractivity contribution >= 4 is 11.7 Å². The molecule has 2 saturated carbocycles. The van der Waals surface area contributed by atoms with Crippen LogP contribution in [0.2, 0.25) is 0 Å². The Bertz CT molecular complexity index is 2250. The maximum absolute atomic E-state index is 14.8. The lowest BCUT2D eigenvalue weighted by Crippen LogP contribution is -2.61. The third-order valence-corrected chi connectivity index (χ3v) is 15.2.